The van der Waals surface area contributed by atoms with Crippen LogP contribution in [-0.4, -0.2) is 37.2 Å². The van der Waals surface area contributed by atoms with E-state index in [1.807, 2.05) is 54.6 Å². The molecule has 3 nitrogen and oxygen atoms in total. The van der Waals surface area contributed by atoms with E-state index in [2.05, 4.69) is 60.5 Å². The van der Waals surface area contributed by atoms with Crippen LogP contribution in [-0.2, 0) is 12.8 Å². The summed E-state index contributed by atoms with van der Waals surface area (Å²) in [6.45, 7) is 1.44. The minimum absolute atomic E-state index is 0.0356. The van der Waals surface area contributed by atoms with Gasteiger partial charge in [0.2, 0.25) is 0 Å². The van der Waals surface area contributed by atoms with E-state index in [-0.39, 0.29) is 23.8 Å². The van der Waals surface area contributed by atoms with Crippen LogP contribution in [0.15, 0.2) is 133 Å². The molecule has 0 amide bonds. The predicted molar refractivity (Wildman–Crippen MR) is 188 cm³/mol. The van der Waals surface area contributed by atoms with Crippen LogP contribution >= 0.6 is 0 Å². The van der Waals surface area contributed by atoms with E-state index >= 15 is 0 Å². The zero-order chi connectivity index (χ0) is 32.6. The van der Waals surface area contributed by atoms with Gasteiger partial charge < -0.3 is 9.47 Å². The Hall–Kier alpha value is -5.26. The smallest absolute Gasteiger partial charge is 0.131 e. The summed E-state index contributed by atoms with van der Waals surface area (Å²) in [5.74, 6) is 1.18. The van der Waals surface area contributed by atoms with Crippen molar-refractivity contribution in [3.05, 3.63) is 156 Å². The highest BCUT2D eigenvalue weighted by Crippen LogP contribution is 2.44. The van der Waals surface area contributed by atoms with Gasteiger partial charge in [-0.1, -0.05) is 84.9 Å². The summed E-state index contributed by atoms with van der Waals surface area (Å²) in [7, 11) is 2.11. The van der Waals surface area contributed by atoms with E-state index in [1.54, 1.807) is 12.1 Å². The maximum absolute atomic E-state index is 14.3. The fourth-order valence-corrected chi connectivity index (χ4v) is 7.15. The van der Waals surface area contributed by atoms with Crippen molar-refractivity contribution >= 4 is 0 Å². The molecule has 6 aromatic carbocycles. The molecule has 0 N–H and O–H groups in total. The van der Waals surface area contributed by atoms with Crippen LogP contribution in [0.4, 0.5) is 8.78 Å². The van der Waals surface area contributed by atoms with Gasteiger partial charge in [-0.25, -0.2) is 8.78 Å². The molecule has 2 atom stereocenters. The Morgan fingerprint density at radius 2 is 1.00 bits per heavy atom. The van der Waals surface area contributed by atoms with Gasteiger partial charge in [0.05, 0.1) is 0 Å². The van der Waals surface area contributed by atoms with Crippen molar-refractivity contribution in [1.82, 2.24) is 4.90 Å². The molecule has 8 rings (SSSR count). The number of hydrogen-bond acceptors (Lipinski definition) is 3. The molecule has 6 aromatic rings. The number of benzene rings is 6. The quantitative estimate of drug-likeness (QED) is 0.166. The number of nitrogens with zero attached hydrogens (tertiary/aromatic N) is 1. The largest absolute Gasteiger partial charge is 0.488 e. The number of hydrogen-bond donors (Lipinski definition) is 0. The van der Waals surface area contributed by atoms with Gasteiger partial charge in [-0.05, 0) is 100 Å². The molecule has 0 aliphatic carbocycles. The van der Waals surface area contributed by atoms with Gasteiger partial charge in [0, 0.05) is 37.1 Å². The fourth-order valence-electron chi connectivity index (χ4n) is 7.15. The molecular formula is C43H35F2NO2. The summed E-state index contributed by atoms with van der Waals surface area (Å²) in [6, 6.07) is 42.7. The predicted octanol–water partition coefficient (Wildman–Crippen LogP) is 9.87. The van der Waals surface area contributed by atoms with Gasteiger partial charge in [-0.15, -0.1) is 0 Å². The Balaban J connectivity index is 1.02. The number of ether oxygens (including phenoxy) is 2. The maximum Gasteiger partial charge on any atom is 0.131 e. The Morgan fingerprint density at radius 3 is 1.52 bits per heavy atom. The summed E-state index contributed by atoms with van der Waals surface area (Å²) in [6.07, 6.45) is 1.46. The van der Waals surface area contributed by atoms with E-state index in [0.717, 1.165) is 86.5 Å². The monoisotopic (exact) mass is 635 g/mol. The third-order valence-corrected chi connectivity index (χ3v) is 9.33. The maximum atomic E-state index is 14.3. The molecule has 2 unspecified atom stereocenters. The zero-order valence-corrected chi connectivity index (χ0v) is 26.7. The van der Waals surface area contributed by atoms with Gasteiger partial charge in [0.1, 0.15) is 35.3 Å². The molecule has 0 saturated heterocycles. The van der Waals surface area contributed by atoms with Gasteiger partial charge >= 0.3 is 0 Å². The highest BCUT2D eigenvalue weighted by Gasteiger charge is 2.31. The third-order valence-electron chi connectivity index (χ3n) is 9.33. The molecule has 0 radical (unpaired) electrons. The average molecular weight is 636 g/mol. The molecule has 0 aromatic heterocycles. The molecule has 2 heterocycles. The molecule has 48 heavy (non-hydrogen) atoms. The molecule has 238 valence electrons. The molecule has 2 aliphatic heterocycles. The normalized spacial score (nSPS) is 16.3. The lowest BCUT2D eigenvalue weighted by molar-refractivity contribution is 0.126. The van der Waals surface area contributed by atoms with Crippen molar-refractivity contribution in [1.29, 1.82) is 0 Å². The Bertz CT molecular complexity index is 2080. The molecule has 0 spiro atoms. The molecule has 0 saturated carbocycles. The summed E-state index contributed by atoms with van der Waals surface area (Å²) in [4.78, 5) is 2.28. The third kappa shape index (κ3) is 6.10. The summed E-state index contributed by atoms with van der Waals surface area (Å²) < 4.78 is 41.5. The van der Waals surface area contributed by atoms with Crippen molar-refractivity contribution < 1.29 is 18.3 Å². The minimum Gasteiger partial charge on any atom is -0.488 e. The highest BCUT2D eigenvalue weighted by atomic mass is 19.1. The van der Waals surface area contributed by atoms with Crippen molar-refractivity contribution in [2.45, 2.75) is 25.0 Å². The molecule has 0 bridgehead atoms. The van der Waals surface area contributed by atoms with E-state index < -0.39 is 0 Å². The standard InChI is InChI=1S/C43H35F2NO2/c1-46(26-38-22-34-19-32(28-9-4-2-5-10-28)24-40(42(34)47-38)30-15-17-36(44)18-16-30)27-39-23-35-20-33(29-11-6-3-7-12-29)25-41(43(35)48-39)31-13-8-14-37(45)21-31/h2-21,24-25,38-39H,22-23,26-27H2,1H3. The molecule has 0 fully saturated rings. The first-order valence-corrected chi connectivity index (χ1v) is 16.5. The first-order valence-electron chi connectivity index (χ1n) is 16.5. The summed E-state index contributed by atoms with van der Waals surface area (Å²) >= 11 is 0. The number of rotatable bonds is 8. The lowest BCUT2D eigenvalue weighted by Crippen LogP contribution is -2.38. The van der Waals surface area contributed by atoms with Gasteiger partial charge in [0.15, 0.2) is 0 Å². The van der Waals surface area contributed by atoms with E-state index in [1.165, 1.54) is 18.2 Å². The van der Waals surface area contributed by atoms with Crippen molar-refractivity contribution in [2.75, 3.05) is 20.1 Å². The fraction of sp³-hybridized carbons (Fsp3) is 0.163. The minimum atomic E-state index is -0.267. The van der Waals surface area contributed by atoms with E-state index in [0.29, 0.717) is 6.54 Å². The van der Waals surface area contributed by atoms with Crippen LogP contribution in [0.1, 0.15) is 11.1 Å². The average Bonchev–Trinajstić information content (AvgIpc) is 3.71. The van der Waals surface area contributed by atoms with Crippen molar-refractivity contribution in [2.24, 2.45) is 0 Å². The van der Waals surface area contributed by atoms with Crippen LogP contribution in [0.25, 0.3) is 44.5 Å². The van der Waals surface area contributed by atoms with Crippen LogP contribution < -0.4 is 9.47 Å². The molecule has 2 aliphatic rings. The van der Waals surface area contributed by atoms with Crippen LogP contribution in [0.2, 0.25) is 0 Å². The van der Waals surface area contributed by atoms with Crippen molar-refractivity contribution in [3.8, 4) is 56.0 Å². The Kier molecular flexibility index (Phi) is 7.99. The van der Waals surface area contributed by atoms with Gasteiger partial charge in [-0.3, -0.25) is 4.90 Å². The summed E-state index contributed by atoms with van der Waals surface area (Å²) in [5.41, 5.74) is 10.4. The second kappa shape index (κ2) is 12.7. The molecular weight excluding hydrogens is 600 g/mol. The first-order chi connectivity index (χ1) is 23.5. The molecule has 5 heteroatoms. The second-order valence-corrected chi connectivity index (χ2v) is 12.9. The van der Waals surface area contributed by atoms with E-state index in [4.69, 9.17) is 9.47 Å². The van der Waals surface area contributed by atoms with Gasteiger partial charge in [-0.2, -0.15) is 0 Å². The van der Waals surface area contributed by atoms with Crippen molar-refractivity contribution in [3.63, 3.8) is 0 Å². The lowest BCUT2D eigenvalue weighted by atomic mass is 9.94. The van der Waals surface area contributed by atoms with Crippen LogP contribution in [0.5, 0.6) is 11.5 Å². The lowest BCUT2D eigenvalue weighted by Gasteiger charge is -2.24. The SMILES string of the molecule is CN(CC1Cc2cc(-c3ccccc3)cc(-c3ccc(F)cc3)c2O1)CC1Cc2cc(-c3ccccc3)cc(-c3cccc(F)c3)c2O1. The Morgan fingerprint density at radius 1 is 0.500 bits per heavy atom. The number of likely N-dealkylation sites (N-methyl/N-ethyl adjacent to an activating group) is 1. The zero-order valence-electron chi connectivity index (χ0n) is 26.7. The number of fused-ring (bicyclic) bond motifs is 2. The first kappa shape index (κ1) is 30.1. The van der Waals surface area contributed by atoms with Crippen LogP contribution in [0.3, 0.4) is 0 Å². The van der Waals surface area contributed by atoms with Gasteiger partial charge in [0.25, 0.3) is 0 Å². The second-order valence-electron chi connectivity index (χ2n) is 12.9. The summed E-state index contributed by atoms with van der Waals surface area (Å²) in [5, 5.41) is 0. The topological polar surface area (TPSA) is 21.7 Å². The van der Waals surface area contributed by atoms with E-state index in [9.17, 15) is 8.78 Å². The Labute approximate surface area is 280 Å². The van der Waals surface area contributed by atoms with Crippen LogP contribution in [0, 0.1) is 11.6 Å². The number of halogens is 2. The highest BCUT2D eigenvalue weighted by molar-refractivity contribution is 5.81.